The molecule has 1 atom stereocenters. The van der Waals surface area contributed by atoms with Crippen molar-refractivity contribution < 1.29 is 24.1 Å². The number of halogens is 1. The summed E-state index contributed by atoms with van der Waals surface area (Å²) in [6.45, 7) is 2.07. The van der Waals surface area contributed by atoms with Gasteiger partial charge in [-0.3, -0.25) is 0 Å². The van der Waals surface area contributed by atoms with E-state index in [0.717, 1.165) is 33.3 Å². The Hall–Kier alpha value is -2.70. The zero-order chi connectivity index (χ0) is 20.5. The molecular formula is C24H21BrO5. The molecule has 0 bridgehead atoms. The first kappa shape index (κ1) is 19.3. The topological polar surface area (TPSA) is 57.2 Å². The molecule has 3 aromatic carbocycles. The van der Waals surface area contributed by atoms with Gasteiger partial charge in [-0.2, -0.15) is 0 Å². The first-order valence-electron chi connectivity index (χ1n) is 9.93. The second-order valence-corrected chi connectivity index (χ2v) is 8.12. The van der Waals surface area contributed by atoms with E-state index in [-0.39, 0.29) is 0 Å². The fourth-order valence-electron chi connectivity index (χ4n) is 3.84. The molecule has 3 aromatic rings. The minimum Gasteiger partial charge on any atom is -0.492 e. The second-order valence-electron chi connectivity index (χ2n) is 7.26. The zero-order valence-electron chi connectivity index (χ0n) is 16.3. The molecule has 0 aromatic heterocycles. The first-order chi connectivity index (χ1) is 14.7. The van der Waals surface area contributed by atoms with Crippen LogP contribution in [-0.2, 0) is 13.0 Å². The minimum atomic E-state index is -0.854. The number of fused-ring (bicyclic) bond motifs is 2. The van der Waals surface area contributed by atoms with Crippen LogP contribution in [0.3, 0.4) is 0 Å². The summed E-state index contributed by atoms with van der Waals surface area (Å²) in [5.41, 5.74) is 3.50. The Kier molecular flexibility index (Phi) is 5.27. The third-order valence-electron chi connectivity index (χ3n) is 5.31. The summed E-state index contributed by atoms with van der Waals surface area (Å²) < 4.78 is 24.1. The van der Waals surface area contributed by atoms with Crippen molar-refractivity contribution in [3.05, 3.63) is 81.3 Å². The average molecular weight is 469 g/mol. The summed E-state index contributed by atoms with van der Waals surface area (Å²) in [5, 5.41) is 11.1. The van der Waals surface area contributed by atoms with E-state index < -0.39 is 6.10 Å². The Labute approximate surface area is 183 Å². The largest absolute Gasteiger partial charge is 0.492 e. The fourth-order valence-corrected chi connectivity index (χ4v) is 4.44. The summed E-state index contributed by atoms with van der Waals surface area (Å²) in [7, 11) is 0. The lowest BCUT2D eigenvalue weighted by Gasteiger charge is -2.22. The van der Waals surface area contributed by atoms with Crippen LogP contribution < -0.4 is 18.9 Å². The lowest BCUT2D eigenvalue weighted by Crippen LogP contribution is -2.15. The number of rotatable bonds is 5. The molecule has 154 valence electrons. The molecule has 5 rings (SSSR count). The van der Waals surface area contributed by atoms with Gasteiger partial charge in [0.15, 0.2) is 11.5 Å². The number of aliphatic hydroxyl groups excluding tert-OH is 1. The van der Waals surface area contributed by atoms with E-state index >= 15 is 0 Å². The van der Waals surface area contributed by atoms with Gasteiger partial charge in [-0.15, -0.1) is 0 Å². The van der Waals surface area contributed by atoms with Crippen molar-refractivity contribution in [3.63, 3.8) is 0 Å². The van der Waals surface area contributed by atoms with E-state index in [2.05, 4.69) is 15.9 Å². The molecule has 6 heteroatoms. The van der Waals surface area contributed by atoms with Crippen LogP contribution in [0.4, 0.5) is 0 Å². The van der Waals surface area contributed by atoms with Crippen LogP contribution in [0.25, 0.3) is 0 Å². The van der Waals surface area contributed by atoms with E-state index in [1.54, 1.807) is 0 Å². The number of ether oxygens (including phenoxy) is 4. The fraction of sp³-hybridized carbons (Fsp3) is 0.250. The Morgan fingerprint density at radius 2 is 1.73 bits per heavy atom. The molecule has 0 saturated heterocycles. The van der Waals surface area contributed by atoms with E-state index in [1.165, 1.54) is 0 Å². The van der Waals surface area contributed by atoms with Gasteiger partial charge in [-0.25, -0.2) is 0 Å². The summed E-state index contributed by atoms with van der Waals surface area (Å²) in [5.74, 6) is 2.81. The van der Waals surface area contributed by atoms with E-state index in [0.29, 0.717) is 49.2 Å². The van der Waals surface area contributed by atoms with E-state index in [9.17, 15) is 5.11 Å². The maximum atomic E-state index is 11.1. The van der Waals surface area contributed by atoms with Crippen LogP contribution in [0.2, 0.25) is 0 Å². The standard InChI is InChI=1S/C24H21BrO5/c25-19-13-18(22(26)16-6-7-20-21(12-16)28-11-10-27-20)23-17(8-9-29-23)24(19)30-14-15-4-2-1-3-5-15/h1-7,12-13,22,26H,8-11,14H2. The maximum Gasteiger partial charge on any atom is 0.161 e. The van der Waals surface area contributed by atoms with Gasteiger partial charge in [-0.05, 0) is 45.3 Å². The number of hydrogen-bond donors (Lipinski definition) is 1. The van der Waals surface area contributed by atoms with Crippen LogP contribution in [-0.4, -0.2) is 24.9 Å². The highest BCUT2D eigenvalue weighted by Gasteiger charge is 2.28. The Morgan fingerprint density at radius 1 is 0.933 bits per heavy atom. The number of benzene rings is 3. The zero-order valence-corrected chi connectivity index (χ0v) is 17.9. The highest BCUT2D eigenvalue weighted by Crippen LogP contribution is 2.46. The van der Waals surface area contributed by atoms with Gasteiger partial charge in [0, 0.05) is 17.5 Å². The smallest absolute Gasteiger partial charge is 0.161 e. The maximum absolute atomic E-state index is 11.1. The molecule has 0 aliphatic carbocycles. The molecule has 0 amide bonds. The average Bonchev–Trinajstić information content (AvgIpc) is 3.27. The third-order valence-corrected chi connectivity index (χ3v) is 5.90. The quantitative estimate of drug-likeness (QED) is 0.581. The number of aliphatic hydroxyl groups is 1. The lowest BCUT2D eigenvalue weighted by molar-refractivity contribution is 0.169. The van der Waals surface area contributed by atoms with Crippen molar-refractivity contribution in [2.75, 3.05) is 19.8 Å². The SMILES string of the molecule is OC(c1ccc2c(c1)OCCO2)c1cc(Br)c(OCc2ccccc2)c2c1OCC2. The van der Waals surface area contributed by atoms with Crippen molar-refractivity contribution in [2.45, 2.75) is 19.1 Å². The highest BCUT2D eigenvalue weighted by atomic mass is 79.9. The van der Waals surface area contributed by atoms with Gasteiger partial charge in [0.2, 0.25) is 0 Å². The predicted molar refractivity (Wildman–Crippen MR) is 116 cm³/mol. The molecule has 2 heterocycles. The van der Waals surface area contributed by atoms with Crippen LogP contribution >= 0.6 is 15.9 Å². The summed E-state index contributed by atoms with van der Waals surface area (Å²) in [6, 6.07) is 17.4. The third kappa shape index (κ3) is 3.61. The molecule has 1 N–H and O–H groups in total. The minimum absolute atomic E-state index is 0.468. The Morgan fingerprint density at radius 3 is 2.57 bits per heavy atom. The lowest BCUT2D eigenvalue weighted by atomic mass is 9.97. The number of hydrogen-bond acceptors (Lipinski definition) is 5. The molecular weight excluding hydrogens is 448 g/mol. The van der Waals surface area contributed by atoms with Crippen LogP contribution in [0, 0.1) is 0 Å². The van der Waals surface area contributed by atoms with Crippen molar-refractivity contribution >= 4 is 15.9 Å². The molecule has 2 aliphatic rings. The molecule has 1 unspecified atom stereocenters. The van der Waals surface area contributed by atoms with Gasteiger partial charge in [-0.1, -0.05) is 36.4 Å². The summed E-state index contributed by atoms with van der Waals surface area (Å²) in [4.78, 5) is 0. The van der Waals surface area contributed by atoms with Crippen molar-refractivity contribution in [1.29, 1.82) is 0 Å². The summed E-state index contributed by atoms with van der Waals surface area (Å²) >= 11 is 3.64. The van der Waals surface area contributed by atoms with Gasteiger partial charge in [0.05, 0.1) is 11.1 Å². The molecule has 2 aliphatic heterocycles. The van der Waals surface area contributed by atoms with Crippen molar-refractivity contribution in [3.8, 4) is 23.0 Å². The normalized spacial score (nSPS) is 15.3. The predicted octanol–water partition coefficient (Wildman–Crippen LogP) is 4.82. The molecule has 0 radical (unpaired) electrons. The Balaban J connectivity index is 1.46. The van der Waals surface area contributed by atoms with Gasteiger partial charge >= 0.3 is 0 Å². The first-order valence-corrected chi connectivity index (χ1v) is 10.7. The molecule has 30 heavy (non-hydrogen) atoms. The van der Waals surface area contributed by atoms with E-state index in [1.807, 2.05) is 54.6 Å². The second kappa shape index (κ2) is 8.20. The van der Waals surface area contributed by atoms with Crippen LogP contribution in [0.15, 0.2) is 59.1 Å². The summed E-state index contributed by atoms with van der Waals surface area (Å²) in [6.07, 6.45) is -0.119. The molecule has 0 saturated carbocycles. The highest BCUT2D eigenvalue weighted by molar-refractivity contribution is 9.10. The van der Waals surface area contributed by atoms with Gasteiger partial charge < -0.3 is 24.1 Å². The van der Waals surface area contributed by atoms with Gasteiger partial charge in [0.1, 0.15) is 37.4 Å². The van der Waals surface area contributed by atoms with Gasteiger partial charge in [0.25, 0.3) is 0 Å². The van der Waals surface area contributed by atoms with Crippen molar-refractivity contribution in [2.24, 2.45) is 0 Å². The van der Waals surface area contributed by atoms with Crippen molar-refractivity contribution in [1.82, 2.24) is 0 Å². The molecule has 0 spiro atoms. The van der Waals surface area contributed by atoms with Crippen LogP contribution in [0.5, 0.6) is 23.0 Å². The van der Waals surface area contributed by atoms with Crippen LogP contribution in [0.1, 0.15) is 28.4 Å². The Bertz CT molecular complexity index is 1070. The molecule has 0 fully saturated rings. The monoisotopic (exact) mass is 468 g/mol. The molecule has 5 nitrogen and oxygen atoms in total. The van der Waals surface area contributed by atoms with E-state index in [4.69, 9.17) is 18.9 Å².